The molecule has 0 bridgehead atoms. The molecule has 0 radical (unpaired) electrons. The predicted octanol–water partition coefficient (Wildman–Crippen LogP) is 3.70. The summed E-state index contributed by atoms with van der Waals surface area (Å²) in [4.78, 5) is 16.0. The fraction of sp³-hybridized carbons (Fsp3) is 0.0667. The molecule has 1 amide bonds. The molecule has 0 spiro atoms. The normalized spacial score (nSPS) is 10.6. The number of rotatable bonds is 5. The van der Waals surface area contributed by atoms with Gasteiger partial charge in [0.2, 0.25) is 5.91 Å². The van der Waals surface area contributed by atoms with E-state index < -0.39 is 0 Å². The molecule has 24 heavy (non-hydrogen) atoms. The number of nitrogens with one attached hydrogen (secondary N) is 1. The van der Waals surface area contributed by atoms with Gasteiger partial charge in [0, 0.05) is 11.2 Å². The summed E-state index contributed by atoms with van der Waals surface area (Å²) in [7, 11) is 0. The Bertz CT molecular complexity index is 853. The van der Waals surface area contributed by atoms with E-state index in [1.807, 2.05) is 12.1 Å². The van der Waals surface area contributed by atoms with Gasteiger partial charge in [-0.2, -0.15) is 0 Å². The molecule has 3 rings (SSSR count). The molecule has 9 heteroatoms. The lowest BCUT2D eigenvalue weighted by atomic mass is 10.3. The van der Waals surface area contributed by atoms with E-state index in [4.69, 9.17) is 23.2 Å². The van der Waals surface area contributed by atoms with Gasteiger partial charge in [0.25, 0.3) is 0 Å². The Morgan fingerprint density at radius 3 is 2.83 bits per heavy atom. The van der Waals surface area contributed by atoms with E-state index in [1.165, 1.54) is 18.0 Å². The number of amides is 1. The fourth-order valence-electron chi connectivity index (χ4n) is 1.88. The summed E-state index contributed by atoms with van der Waals surface area (Å²) in [5.41, 5.74) is 0.828. The van der Waals surface area contributed by atoms with E-state index in [1.54, 1.807) is 35.2 Å². The number of benzene rings is 1. The molecule has 1 N–H and O–H groups in total. The van der Waals surface area contributed by atoms with Crippen LogP contribution in [0.4, 0.5) is 5.82 Å². The Morgan fingerprint density at radius 2 is 2.08 bits per heavy atom. The predicted molar refractivity (Wildman–Crippen MR) is 95.0 cm³/mol. The zero-order chi connectivity index (χ0) is 16.9. The van der Waals surface area contributed by atoms with E-state index >= 15 is 0 Å². The molecular formula is C15H11Cl2N5OS. The van der Waals surface area contributed by atoms with Crippen molar-refractivity contribution in [2.75, 3.05) is 11.1 Å². The van der Waals surface area contributed by atoms with Gasteiger partial charge < -0.3 is 5.32 Å². The van der Waals surface area contributed by atoms with Crippen LogP contribution in [-0.4, -0.2) is 31.4 Å². The van der Waals surface area contributed by atoms with Crippen LogP contribution in [0.25, 0.3) is 5.69 Å². The first-order valence-corrected chi connectivity index (χ1v) is 8.56. The monoisotopic (exact) mass is 379 g/mol. The summed E-state index contributed by atoms with van der Waals surface area (Å²) in [6, 6.07) is 10.6. The Morgan fingerprint density at radius 1 is 1.21 bits per heavy atom. The maximum atomic E-state index is 12.0. The van der Waals surface area contributed by atoms with Gasteiger partial charge in [0.05, 0.1) is 16.5 Å². The maximum absolute atomic E-state index is 12.0. The summed E-state index contributed by atoms with van der Waals surface area (Å²) in [5, 5.41) is 12.3. The Kier molecular flexibility index (Phi) is 5.34. The molecule has 3 aromatic rings. The van der Waals surface area contributed by atoms with Gasteiger partial charge in [-0.05, 0) is 30.3 Å². The number of halogens is 2. The summed E-state index contributed by atoms with van der Waals surface area (Å²) in [5.74, 6) is 0.417. The molecule has 0 unspecified atom stereocenters. The summed E-state index contributed by atoms with van der Waals surface area (Å²) in [6.07, 6.45) is 3.05. The van der Waals surface area contributed by atoms with Crippen molar-refractivity contribution in [2.24, 2.45) is 0 Å². The third kappa shape index (κ3) is 4.25. The second kappa shape index (κ2) is 7.65. The number of aromatic nitrogens is 4. The van der Waals surface area contributed by atoms with Crippen molar-refractivity contribution in [3.05, 3.63) is 59.0 Å². The first-order valence-electron chi connectivity index (χ1n) is 6.82. The summed E-state index contributed by atoms with van der Waals surface area (Å²) in [6.45, 7) is 0. The molecule has 0 aliphatic rings. The lowest BCUT2D eigenvalue weighted by molar-refractivity contribution is -0.113. The highest BCUT2D eigenvalue weighted by atomic mass is 35.5. The van der Waals surface area contributed by atoms with Crippen LogP contribution in [-0.2, 0) is 4.79 Å². The number of nitrogens with zero attached hydrogens (tertiary/aromatic N) is 4. The largest absolute Gasteiger partial charge is 0.310 e. The third-order valence-corrected chi connectivity index (χ3v) is 4.33. The minimum Gasteiger partial charge on any atom is -0.310 e. The van der Waals surface area contributed by atoms with Crippen molar-refractivity contribution >= 4 is 46.7 Å². The van der Waals surface area contributed by atoms with Crippen LogP contribution < -0.4 is 5.32 Å². The van der Waals surface area contributed by atoms with Gasteiger partial charge in [-0.25, -0.2) is 4.98 Å². The first kappa shape index (κ1) is 16.8. The zero-order valence-corrected chi connectivity index (χ0v) is 14.5. The number of hydrogen-bond acceptors (Lipinski definition) is 5. The number of carbonyl (C=O) groups excluding carboxylic acids is 1. The minimum absolute atomic E-state index is 0.170. The first-order chi connectivity index (χ1) is 11.6. The second-order valence-corrected chi connectivity index (χ2v) is 6.48. The van der Waals surface area contributed by atoms with Crippen LogP contribution in [0.1, 0.15) is 0 Å². The van der Waals surface area contributed by atoms with Crippen LogP contribution in [0.2, 0.25) is 10.0 Å². The minimum atomic E-state index is -0.199. The van der Waals surface area contributed by atoms with E-state index in [-0.39, 0.29) is 11.7 Å². The van der Waals surface area contributed by atoms with Crippen LogP contribution in [0, 0.1) is 0 Å². The van der Waals surface area contributed by atoms with Gasteiger partial charge in [-0.15, -0.1) is 10.2 Å². The lowest BCUT2D eigenvalue weighted by Crippen LogP contribution is -2.15. The number of carbonyl (C=O) groups is 1. The summed E-state index contributed by atoms with van der Waals surface area (Å²) < 4.78 is 1.77. The highest BCUT2D eigenvalue weighted by Crippen LogP contribution is 2.21. The van der Waals surface area contributed by atoms with Crippen LogP contribution >= 0.6 is 35.0 Å². The Labute approximate surface area is 152 Å². The van der Waals surface area contributed by atoms with E-state index in [9.17, 15) is 4.79 Å². The number of pyridine rings is 1. The van der Waals surface area contributed by atoms with E-state index in [0.717, 1.165) is 5.69 Å². The molecule has 122 valence electrons. The molecular weight excluding hydrogens is 369 g/mol. The van der Waals surface area contributed by atoms with Crippen molar-refractivity contribution < 1.29 is 4.79 Å². The number of hydrogen-bond donors (Lipinski definition) is 1. The maximum Gasteiger partial charge on any atom is 0.236 e. The van der Waals surface area contributed by atoms with Gasteiger partial charge >= 0.3 is 0 Å². The molecule has 6 nitrogen and oxygen atoms in total. The highest BCUT2D eigenvalue weighted by Gasteiger charge is 2.11. The van der Waals surface area contributed by atoms with Crippen molar-refractivity contribution in [1.82, 2.24) is 19.7 Å². The van der Waals surface area contributed by atoms with Gasteiger partial charge in [0.15, 0.2) is 5.16 Å². The van der Waals surface area contributed by atoms with Crippen molar-refractivity contribution in [1.29, 1.82) is 0 Å². The molecule has 0 fully saturated rings. The third-order valence-electron chi connectivity index (χ3n) is 2.93. The smallest absolute Gasteiger partial charge is 0.236 e. The Hall–Kier alpha value is -2.09. The van der Waals surface area contributed by atoms with Gasteiger partial charge in [-0.1, -0.05) is 41.0 Å². The number of anilines is 1. The van der Waals surface area contributed by atoms with Crippen LogP contribution in [0.3, 0.4) is 0 Å². The average molecular weight is 380 g/mol. The Balaban J connectivity index is 1.64. The van der Waals surface area contributed by atoms with E-state index in [0.29, 0.717) is 21.0 Å². The molecule has 0 saturated carbocycles. The lowest BCUT2D eigenvalue weighted by Gasteiger charge is -2.07. The molecule has 2 heterocycles. The summed E-state index contributed by atoms with van der Waals surface area (Å²) >= 11 is 13.0. The molecule has 1 aromatic carbocycles. The second-order valence-electron chi connectivity index (χ2n) is 4.66. The van der Waals surface area contributed by atoms with E-state index in [2.05, 4.69) is 20.5 Å². The van der Waals surface area contributed by atoms with Gasteiger partial charge in [-0.3, -0.25) is 9.36 Å². The topological polar surface area (TPSA) is 72.7 Å². The zero-order valence-electron chi connectivity index (χ0n) is 12.2. The SMILES string of the molecule is O=C(CSc1nncn1-c1cccc(Cl)c1)Nc1ccc(Cl)cn1. The average Bonchev–Trinajstić information content (AvgIpc) is 3.04. The molecule has 2 aromatic heterocycles. The van der Waals surface area contributed by atoms with Crippen LogP contribution in [0.5, 0.6) is 0 Å². The molecule has 0 atom stereocenters. The fourth-order valence-corrected chi connectivity index (χ4v) is 2.91. The molecule has 0 saturated heterocycles. The highest BCUT2D eigenvalue weighted by molar-refractivity contribution is 7.99. The van der Waals surface area contributed by atoms with Crippen molar-refractivity contribution in [2.45, 2.75) is 5.16 Å². The van der Waals surface area contributed by atoms with Crippen molar-refractivity contribution in [3.63, 3.8) is 0 Å². The standard InChI is InChI=1S/C15H11Cl2N5OS/c16-10-2-1-3-12(6-10)22-9-19-21-15(22)24-8-14(23)20-13-5-4-11(17)7-18-13/h1-7,9H,8H2,(H,18,20,23). The van der Waals surface area contributed by atoms with Crippen LogP contribution in [0.15, 0.2) is 54.1 Å². The quantitative estimate of drug-likeness (QED) is 0.684. The number of thioether (sulfide) groups is 1. The van der Waals surface area contributed by atoms with Gasteiger partial charge in [0.1, 0.15) is 12.1 Å². The van der Waals surface area contributed by atoms with Crippen molar-refractivity contribution in [3.8, 4) is 5.69 Å². The molecule has 0 aliphatic carbocycles. The molecule has 0 aliphatic heterocycles.